The summed E-state index contributed by atoms with van der Waals surface area (Å²) < 4.78 is 2.10. The van der Waals surface area contributed by atoms with Crippen LogP contribution in [0.25, 0.3) is 5.65 Å². The van der Waals surface area contributed by atoms with Crippen molar-refractivity contribution >= 4 is 35.6 Å². The molecule has 0 unspecified atom stereocenters. The summed E-state index contributed by atoms with van der Waals surface area (Å²) in [5.74, 6) is 0.770. The number of aliphatic imine (C=N–C) groups is 1. The predicted molar refractivity (Wildman–Crippen MR) is 114 cm³/mol. The van der Waals surface area contributed by atoms with E-state index >= 15 is 0 Å². The monoisotopic (exact) mass is 449 g/mol. The second-order valence-corrected chi connectivity index (χ2v) is 5.83. The fraction of sp³-hybridized carbons (Fsp3) is 0.263. The van der Waals surface area contributed by atoms with Crippen LogP contribution in [-0.4, -0.2) is 22.4 Å². The van der Waals surface area contributed by atoms with Gasteiger partial charge in [0.2, 0.25) is 0 Å². The normalized spacial score (nSPS) is 11.2. The van der Waals surface area contributed by atoms with Crippen LogP contribution < -0.4 is 10.6 Å². The molecule has 0 fully saturated rings. The number of halogens is 1. The van der Waals surface area contributed by atoms with Crippen molar-refractivity contribution in [1.29, 1.82) is 0 Å². The van der Waals surface area contributed by atoms with Crippen LogP contribution in [0.5, 0.6) is 0 Å². The maximum Gasteiger partial charge on any atom is 0.191 e. The first-order valence-electron chi connectivity index (χ1n) is 8.10. The van der Waals surface area contributed by atoms with Crippen LogP contribution in [0.4, 0.5) is 0 Å². The molecule has 0 bridgehead atoms. The van der Waals surface area contributed by atoms with Crippen molar-refractivity contribution in [3.8, 4) is 0 Å². The maximum absolute atomic E-state index is 4.63. The lowest BCUT2D eigenvalue weighted by molar-refractivity contribution is 0.796. The Morgan fingerprint density at radius 1 is 1.04 bits per heavy atom. The summed E-state index contributed by atoms with van der Waals surface area (Å²) in [6, 6.07) is 14.5. The molecule has 0 radical (unpaired) electrons. The highest BCUT2D eigenvalue weighted by atomic mass is 127. The Balaban J connectivity index is 0.00000225. The highest BCUT2D eigenvalue weighted by Crippen LogP contribution is 2.08. The van der Waals surface area contributed by atoms with E-state index in [-0.39, 0.29) is 24.0 Å². The summed E-state index contributed by atoms with van der Waals surface area (Å²) >= 11 is 0. The molecule has 1 aromatic carbocycles. The summed E-state index contributed by atoms with van der Waals surface area (Å²) in [6.07, 6.45) is 2.06. The van der Waals surface area contributed by atoms with Crippen molar-refractivity contribution in [2.45, 2.75) is 26.9 Å². The number of imidazole rings is 1. The van der Waals surface area contributed by atoms with Gasteiger partial charge in [-0.15, -0.1) is 24.0 Å². The van der Waals surface area contributed by atoms with Crippen LogP contribution in [0.3, 0.4) is 0 Å². The molecule has 3 rings (SSSR count). The van der Waals surface area contributed by atoms with Gasteiger partial charge in [0, 0.05) is 25.5 Å². The number of aryl methyl sites for hydroxylation is 2. The van der Waals surface area contributed by atoms with Crippen LogP contribution in [0.15, 0.2) is 53.7 Å². The molecule has 0 saturated carbocycles. The van der Waals surface area contributed by atoms with Gasteiger partial charge in [-0.05, 0) is 37.1 Å². The first kappa shape index (κ1) is 19.2. The third-order valence-corrected chi connectivity index (χ3v) is 4.11. The molecular formula is C19H24IN5. The number of nitrogens with zero attached hydrogens (tertiary/aromatic N) is 3. The van der Waals surface area contributed by atoms with Crippen molar-refractivity contribution in [3.63, 3.8) is 0 Å². The van der Waals surface area contributed by atoms with Gasteiger partial charge in [-0.1, -0.05) is 30.3 Å². The zero-order valence-corrected chi connectivity index (χ0v) is 17.1. The van der Waals surface area contributed by atoms with E-state index in [9.17, 15) is 0 Å². The fourth-order valence-electron chi connectivity index (χ4n) is 2.67. The first-order valence-corrected chi connectivity index (χ1v) is 8.10. The molecule has 6 heteroatoms. The molecule has 0 spiro atoms. The summed E-state index contributed by atoms with van der Waals surface area (Å²) in [5.41, 5.74) is 5.67. The molecule has 2 aromatic heterocycles. The highest BCUT2D eigenvalue weighted by molar-refractivity contribution is 14.0. The Bertz CT molecular complexity index is 869. The molecule has 0 aliphatic heterocycles. The van der Waals surface area contributed by atoms with Gasteiger partial charge in [0.25, 0.3) is 0 Å². The summed E-state index contributed by atoms with van der Waals surface area (Å²) in [4.78, 5) is 8.91. The average molecular weight is 449 g/mol. The lowest BCUT2D eigenvalue weighted by atomic mass is 10.1. The smallest absolute Gasteiger partial charge is 0.191 e. The Morgan fingerprint density at radius 3 is 2.52 bits per heavy atom. The molecule has 5 nitrogen and oxygen atoms in total. The molecular weight excluding hydrogens is 425 g/mol. The third kappa shape index (κ3) is 4.72. The number of pyridine rings is 1. The van der Waals surface area contributed by atoms with Crippen molar-refractivity contribution in [2.75, 3.05) is 7.05 Å². The average Bonchev–Trinajstić information content (AvgIpc) is 3.01. The quantitative estimate of drug-likeness (QED) is 0.365. The molecule has 2 N–H and O–H groups in total. The zero-order chi connectivity index (χ0) is 16.9. The number of guanidine groups is 1. The molecule has 0 amide bonds. The van der Waals surface area contributed by atoms with Crippen LogP contribution in [0.1, 0.15) is 22.5 Å². The van der Waals surface area contributed by atoms with Crippen LogP contribution >= 0.6 is 24.0 Å². The minimum atomic E-state index is 0. The van der Waals surface area contributed by atoms with E-state index in [0.717, 1.165) is 23.8 Å². The van der Waals surface area contributed by atoms with Gasteiger partial charge < -0.3 is 15.0 Å². The van der Waals surface area contributed by atoms with Crippen molar-refractivity contribution in [2.24, 2.45) is 4.99 Å². The van der Waals surface area contributed by atoms with E-state index in [0.29, 0.717) is 6.54 Å². The molecule has 0 saturated heterocycles. The maximum atomic E-state index is 4.63. The lowest BCUT2D eigenvalue weighted by Crippen LogP contribution is -2.36. The summed E-state index contributed by atoms with van der Waals surface area (Å²) in [5, 5.41) is 6.67. The van der Waals surface area contributed by atoms with Gasteiger partial charge >= 0.3 is 0 Å². The SMILES string of the molecule is CN=C(NCc1cn2c(C)cccc2n1)NCc1ccccc1C.I. The standard InChI is InChI=1S/C19H23N5.HI/c1-14-7-4-5-9-16(14)11-21-19(20-3)22-12-17-13-24-15(2)8-6-10-18(24)23-17;/h4-10,13H,11-12H2,1-3H3,(H2,20,21,22);1H. The first-order chi connectivity index (χ1) is 11.7. The Hall–Kier alpha value is -2.09. The second kappa shape index (κ2) is 8.84. The molecule has 132 valence electrons. The number of fused-ring (bicyclic) bond motifs is 1. The number of aromatic nitrogens is 2. The van der Waals surface area contributed by atoms with E-state index in [1.54, 1.807) is 7.05 Å². The highest BCUT2D eigenvalue weighted by Gasteiger charge is 2.05. The van der Waals surface area contributed by atoms with Crippen molar-refractivity contribution < 1.29 is 0 Å². The van der Waals surface area contributed by atoms with Crippen molar-refractivity contribution in [1.82, 2.24) is 20.0 Å². The number of benzene rings is 1. The minimum Gasteiger partial charge on any atom is -0.352 e. The zero-order valence-electron chi connectivity index (χ0n) is 14.8. The summed E-state index contributed by atoms with van der Waals surface area (Å²) in [6.45, 7) is 5.58. The fourth-order valence-corrected chi connectivity index (χ4v) is 2.67. The van der Waals surface area contributed by atoms with Gasteiger partial charge in [-0.3, -0.25) is 4.99 Å². The predicted octanol–water partition coefficient (Wildman–Crippen LogP) is 3.43. The molecule has 25 heavy (non-hydrogen) atoms. The number of rotatable bonds is 4. The Labute approximate surface area is 165 Å². The summed E-state index contributed by atoms with van der Waals surface area (Å²) in [7, 11) is 1.78. The Morgan fingerprint density at radius 2 is 1.80 bits per heavy atom. The van der Waals surface area contributed by atoms with Crippen LogP contribution in [0.2, 0.25) is 0 Å². The van der Waals surface area contributed by atoms with Crippen LogP contribution in [0, 0.1) is 13.8 Å². The Kier molecular flexibility index (Phi) is 6.81. The lowest BCUT2D eigenvalue weighted by Gasteiger charge is -2.12. The number of hydrogen-bond acceptors (Lipinski definition) is 2. The van der Waals surface area contributed by atoms with Gasteiger partial charge in [-0.25, -0.2) is 4.98 Å². The second-order valence-electron chi connectivity index (χ2n) is 5.83. The number of hydrogen-bond donors (Lipinski definition) is 2. The molecule has 2 heterocycles. The van der Waals surface area contributed by atoms with Gasteiger partial charge in [0.15, 0.2) is 5.96 Å². The molecule has 3 aromatic rings. The number of nitrogens with one attached hydrogen (secondary N) is 2. The van der Waals surface area contributed by atoms with E-state index in [2.05, 4.69) is 75.4 Å². The topological polar surface area (TPSA) is 53.7 Å². The molecule has 0 aliphatic rings. The van der Waals surface area contributed by atoms with Crippen LogP contribution in [-0.2, 0) is 13.1 Å². The van der Waals surface area contributed by atoms with Gasteiger partial charge in [0.05, 0.1) is 12.2 Å². The van der Waals surface area contributed by atoms with E-state index < -0.39 is 0 Å². The largest absolute Gasteiger partial charge is 0.352 e. The minimum absolute atomic E-state index is 0. The van der Waals surface area contributed by atoms with Gasteiger partial charge in [0.1, 0.15) is 5.65 Å². The third-order valence-electron chi connectivity index (χ3n) is 4.11. The molecule has 0 atom stereocenters. The van der Waals surface area contributed by atoms with E-state index in [4.69, 9.17) is 0 Å². The van der Waals surface area contributed by atoms with E-state index in [1.165, 1.54) is 16.8 Å². The van der Waals surface area contributed by atoms with Crippen molar-refractivity contribution in [3.05, 3.63) is 71.2 Å². The van der Waals surface area contributed by atoms with Gasteiger partial charge in [-0.2, -0.15) is 0 Å². The molecule has 0 aliphatic carbocycles. The van der Waals surface area contributed by atoms with E-state index in [1.807, 2.05) is 12.1 Å².